The van der Waals surface area contributed by atoms with Crippen molar-refractivity contribution in [2.24, 2.45) is 0 Å². The van der Waals surface area contributed by atoms with Crippen LogP contribution in [-0.4, -0.2) is 21.4 Å². The van der Waals surface area contributed by atoms with Crippen LogP contribution in [-0.2, 0) is 10.0 Å². The molecule has 0 spiro atoms. The van der Waals surface area contributed by atoms with E-state index >= 15 is 0 Å². The maximum absolute atomic E-state index is 13.1. The first-order chi connectivity index (χ1) is 14.6. The molecule has 162 valence electrons. The molecule has 0 bridgehead atoms. The summed E-state index contributed by atoms with van der Waals surface area (Å²) in [6.07, 6.45) is 0. The van der Waals surface area contributed by atoms with Crippen LogP contribution in [0.2, 0.25) is 5.02 Å². The van der Waals surface area contributed by atoms with Crippen molar-refractivity contribution in [3.63, 3.8) is 0 Å². The zero-order chi connectivity index (χ0) is 22.8. The lowest BCUT2D eigenvalue weighted by atomic mass is 9.98. The molecule has 0 radical (unpaired) electrons. The Morgan fingerprint density at radius 2 is 1.68 bits per heavy atom. The van der Waals surface area contributed by atoms with Gasteiger partial charge >= 0.3 is 0 Å². The largest absolute Gasteiger partial charge is 0.321 e. The van der Waals surface area contributed by atoms with Crippen molar-refractivity contribution in [1.82, 2.24) is 0 Å². The second-order valence-electron chi connectivity index (χ2n) is 7.60. The third kappa shape index (κ3) is 4.75. The highest BCUT2D eigenvalue weighted by atomic mass is 35.5. The van der Waals surface area contributed by atoms with Gasteiger partial charge in [-0.2, -0.15) is 0 Å². The predicted octanol–water partition coefficient (Wildman–Crippen LogP) is 5.85. The second-order valence-corrected chi connectivity index (χ2v) is 9.97. The van der Waals surface area contributed by atoms with Crippen LogP contribution in [0.3, 0.4) is 0 Å². The lowest BCUT2D eigenvalue weighted by molar-refractivity contribution is 0.102. The lowest BCUT2D eigenvalue weighted by Gasteiger charge is -2.20. The summed E-state index contributed by atoms with van der Waals surface area (Å²) >= 11 is 6.28. The summed E-state index contributed by atoms with van der Waals surface area (Å²) in [6, 6.07) is 18.7. The van der Waals surface area contributed by atoms with Crippen LogP contribution in [0, 0.1) is 6.92 Å². The second kappa shape index (κ2) is 9.12. The summed E-state index contributed by atoms with van der Waals surface area (Å²) in [5.41, 5.74) is 3.25. The predicted molar refractivity (Wildman–Crippen MR) is 127 cm³/mol. The zero-order valence-electron chi connectivity index (χ0n) is 17.9. The molecule has 0 aliphatic carbocycles. The van der Waals surface area contributed by atoms with Crippen LogP contribution in [0.15, 0.2) is 71.6 Å². The third-order valence-electron chi connectivity index (χ3n) is 5.13. The van der Waals surface area contributed by atoms with Crippen LogP contribution < -0.4 is 9.62 Å². The fourth-order valence-electron chi connectivity index (χ4n) is 3.30. The average molecular weight is 457 g/mol. The fraction of sp³-hybridized carbons (Fsp3) is 0.208. The van der Waals surface area contributed by atoms with Gasteiger partial charge in [0.05, 0.1) is 21.2 Å². The van der Waals surface area contributed by atoms with Crippen LogP contribution >= 0.6 is 11.6 Å². The Morgan fingerprint density at radius 1 is 1.00 bits per heavy atom. The first-order valence-electron chi connectivity index (χ1n) is 9.87. The Balaban J connectivity index is 1.98. The highest BCUT2D eigenvalue weighted by molar-refractivity contribution is 7.92. The normalized spacial score (nSPS) is 11.4. The number of aryl methyl sites for hydroxylation is 1. The van der Waals surface area contributed by atoms with Crippen LogP contribution in [0.4, 0.5) is 11.4 Å². The van der Waals surface area contributed by atoms with Crippen molar-refractivity contribution in [1.29, 1.82) is 0 Å². The molecule has 0 atom stereocenters. The molecule has 0 aliphatic rings. The van der Waals surface area contributed by atoms with Gasteiger partial charge in [-0.1, -0.05) is 61.8 Å². The maximum atomic E-state index is 13.1. The summed E-state index contributed by atoms with van der Waals surface area (Å²) in [4.78, 5) is 13.1. The molecular weight excluding hydrogens is 432 g/mol. The number of rotatable bonds is 6. The number of benzene rings is 3. The number of sulfonamides is 1. The molecule has 5 nitrogen and oxygen atoms in total. The van der Waals surface area contributed by atoms with Crippen molar-refractivity contribution in [3.8, 4) is 0 Å². The van der Waals surface area contributed by atoms with Crippen molar-refractivity contribution >= 4 is 38.9 Å². The highest BCUT2D eigenvalue weighted by Crippen LogP contribution is 2.30. The molecule has 0 saturated heterocycles. The number of para-hydroxylation sites is 2. The molecule has 0 aromatic heterocycles. The summed E-state index contributed by atoms with van der Waals surface area (Å²) in [7, 11) is -2.40. The minimum atomic E-state index is -3.87. The molecule has 0 fully saturated rings. The van der Waals surface area contributed by atoms with Crippen molar-refractivity contribution < 1.29 is 13.2 Å². The quantitative estimate of drug-likeness (QED) is 0.506. The molecule has 3 aromatic carbocycles. The van der Waals surface area contributed by atoms with Gasteiger partial charge in [-0.25, -0.2) is 8.42 Å². The fourth-order valence-corrected chi connectivity index (χ4v) is 4.72. The number of hydrogen-bond donors (Lipinski definition) is 1. The molecule has 3 aromatic rings. The van der Waals surface area contributed by atoms with Gasteiger partial charge in [0.15, 0.2) is 0 Å². The number of anilines is 2. The first-order valence-corrected chi connectivity index (χ1v) is 11.7. The van der Waals surface area contributed by atoms with E-state index in [9.17, 15) is 13.2 Å². The van der Waals surface area contributed by atoms with E-state index in [0.29, 0.717) is 11.4 Å². The Hall–Kier alpha value is -2.83. The van der Waals surface area contributed by atoms with Crippen LogP contribution in [0.25, 0.3) is 0 Å². The Labute approximate surface area is 188 Å². The molecule has 1 amide bonds. The summed E-state index contributed by atoms with van der Waals surface area (Å²) < 4.78 is 27.4. The SMILES string of the molecule is Cc1cccc(C(C)C)c1NC(=O)c1cc(S(=O)(=O)N(C)c2ccccc2)ccc1Cl. The minimum Gasteiger partial charge on any atom is -0.321 e. The van der Waals surface area contributed by atoms with E-state index in [4.69, 9.17) is 11.6 Å². The van der Waals surface area contributed by atoms with Crippen molar-refractivity contribution in [3.05, 3.63) is 88.4 Å². The molecule has 0 saturated carbocycles. The van der Waals surface area contributed by atoms with Gasteiger partial charge in [-0.15, -0.1) is 0 Å². The monoisotopic (exact) mass is 456 g/mol. The number of carbonyl (C=O) groups excluding carboxylic acids is 1. The molecule has 7 heteroatoms. The van der Waals surface area contributed by atoms with Gasteiger partial charge in [0.1, 0.15) is 0 Å². The van der Waals surface area contributed by atoms with E-state index in [2.05, 4.69) is 5.32 Å². The van der Waals surface area contributed by atoms with Gasteiger partial charge in [-0.3, -0.25) is 9.10 Å². The van der Waals surface area contributed by atoms with Crippen molar-refractivity contribution in [2.45, 2.75) is 31.6 Å². The number of hydrogen-bond acceptors (Lipinski definition) is 3. The third-order valence-corrected chi connectivity index (χ3v) is 7.24. The lowest BCUT2D eigenvalue weighted by Crippen LogP contribution is -2.27. The Kier molecular flexibility index (Phi) is 6.72. The first kappa shape index (κ1) is 22.8. The van der Waals surface area contributed by atoms with Gasteiger partial charge in [0, 0.05) is 12.7 Å². The van der Waals surface area contributed by atoms with Crippen LogP contribution in [0.5, 0.6) is 0 Å². The number of nitrogens with zero attached hydrogens (tertiary/aromatic N) is 1. The van der Waals surface area contributed by atoms with Gasteiger partial charge in [-0.05, 0) is 54.3 Å². The molecule has 0 heterocycles. The Bertz CT molecular complexity index is 1210. The van der Waals surface area contributed by atoms with Crippen LogP contribution in [0.1, 0.15) is 41.3 Å². The van der Waals surface area contributed by atoms with Gasteiger partial charge in [0.2, 0.25) is 0 Å². The van der Waals surface area contributed by atoms with E-state index in [1.54, 1.807) is 24.3 Å². The number of amides is 1. The van der Waals surface area contributed by atoms with E-state index in [1.807, 2.05) is 45.0 Å². The van der Waals surface area contributed by atoms with Crippen molar-refractivity contribution in [2.75, 3.05) is 16.7 Å². The van der Waals surface area contributed by atoms with E-state index in [1.165, 1.54) is 29.6 Å². The van der Waals surface area contributed by atoms with E-state index in [0.717, 1.165) is 11.1 Å². The molecule has 31 heavy (non-hydrogen) atoms. The standard InChI is InChI=1S/C24H25ClN2O3S/c1-16(2)20-12-8-9-17(3)23(20)26-24(28)21-15-19(13-14-22(21)25)31(29,30)27(4)18-10-6-5-7-11-18/h5-16H,1-4H3,(H,26,28). The Morgan fingerprint density at radius 3 is 2.32 bits per heavy atom. The van der Waals surface area contributed by atoms with E-state index < -0.39 is 15.9 Å². The summed E-state index contributed by atoms with van der Waals surface area (Å²) in [6.45, 7) is 6.01. The topological polar surface area (TPSA) is 66.5 Å². The highest BCUT2D eigenvalue weighted by Gasteiger charge is 2.24. The summed E-state index contributed by atoms with van der Waals surface area (Å²) in [5, 5.41) is 3.10. The zero-order valence-corrected chi connectivity index (χ0v) is 19.5. The number of halogens is 1. The minimum absolute atomic E-state index is 0.0118. The smallest absolute Gasteiger partial charge is 0.264 e. The maximum Gasteiger partial charge on any atom is 0.264 e. The number of carbonyl (C=O) groups is 1. The van der Waals surface area contributed by atoms with Gasteiger partial charge in [0.25, 0.3) is 15.9 Å². The molecule has 1 N–H and O–H groups in total. The molecule has 3 rings (SSSR count). The molecular formula is C24H25ClN2O3S. The van der Waals surface area contributed by atoms with E-state index in [-0.39, 0.29) is 21.4 Å². The summed E-state index contributed by atoms with van der Waals surface area (Å²) in [5.74, 6) is -0.252. The number of nitrogens with one attached hydrogen (secondary N) is 1. The molecule has 0 aliphatic heterocycles. The van der Waals surface area contributed by atoms with Gasteiger partial charge < -0.3 is 5.32 Å². The average Bonchev–Trinajstić information content (AvgIpc) is 2.75. The molecule has 0 unspecified atom stereocenters.